The van der Waals surface area contributed by atoms with E-state index in [9.17, 15) is 0 Å². The molecular formula is C10H24N2. The van der Waals surface area contributed by atoms with Gasteiger partial charge in [-0.15, -0.1) is 0 Å². The van der Waals surface area contributed by atoms with Gasteiger partial charge in [-0.1, -0.05) is 13.8 Å². The molecule has 0 aromatic rings. The van der Waals surface area contributed by atoms with Crippen LogP contribution in [0.25, 0.3) is 0 Å². The van der Waals surface area contributed by atoms with E-state index in [-0.39, 0.29) is 0 Å². The third kappa shape index (κ3) is 3.55. The van der Waals surface area contributed by atoms with Gasteiger partial charge in [-0.2, -0.15) is 0 Å². The van der Waals surface area contributed by atoms with Crippen molar-refractivity contribution in [1.82, 2.24) is 10.2 Å². The zero-order valence-corrected chi connectivity index (χ0v) is 9.28. The molecule has 0 rings (SSSR count). The quantitative estimate of drug-likeness (QED) is 0.654. The molecule has 0 atom stereocenters. The maximum Gasteiger partial charge on any atom is 0.00438 e. The van der Waals surface area contributed by atoms with Crippen molar-refractivity contribution in [1.29, 1.82) is 0 Å². The summed E-state index contributed by atoms with van der Waals surface area (Å²) in [5, 5.41) is 3.29. The van der Waals surface area contributed by atoms with E-state index in [0.717, 1.165) is 6.54 Å². The summed E-state index contributed by atoms with van der Waals surface area (Å²) in [5.74, 6) is 0. The van der Waals surface area contributed by atoms with Gasteiger partial charge in [0, 0.05) is 13.1 Å². The second kappa shape index (κ2) is 5.55. The van der Waals surface area contributed by atoms with Crippen LogP contribution in [0.5, 0.6) is 0 Å². The molecule has 0 aliphatic carbocycles. The van der Waals surface area contributed by atoms with Gasteiger partial charge < -0.3 is 10.2 Å². The van der Waals surface area contributed by atoms with Gasteiger partial charge in [-0.05, 0) is 39.4 Å². The van der Waals surface area contributed by atoms with Crippen LogP contribution < -0.4 is 5.32 Å². The molecule has 0 amide bonds. The van der Waals surface area contributed by atoms with Crippen molar-refractivity contribution in [3.63, 3.8) is 0 Å². The molecule has 0 bridgehead atoms. The monoisotopic (exact) mass is 172 g/mol. The smallest absolute Gasteiger partial charge is 0.00438 e. The fourth-order valence-electron chi connectivity index (χ4n) is 1.83. The summed E-state index contributed by atoms with van der Waals surface area (Å²) in [4.78, 5) is 2.28. The van der Waals surface area contributed by atoms with E-state index in [0.29, 0.717) is 5.41 Å². The lowest BCUT2D eigenvalue weighted by Crippen LogP contribution is -2.40. The lowest BCUT2D eigenvalue weighted by Gasteiger charge is -2.34. The molecule has 1 N–H and O–H groups in total. The minimum atomic E-state index is 0.470. The van der Waals surface area contributed by atoms with Crippen molar-refractivity contribution in [3.8, 4) is 0 Å². The number of hydrogen-bond donors (Lipinski definition) is 1. The Kier molecular flexibility index (Phi) is 5.51. The highest BCUT2D eigenvalue weighted by atomic mass is 15.1. The number of nitrogens with zero attached hydrogens (tertiary/aromatic N) is 1. The summed E-state index contributed by atoms with van der Waals surface area (Å²) in [6.45, 7) is 6.87. The number of nitrogens with one attached hydrogen (secondary N) is 1. The minimum absolute atomic E-state index is 0.470. The first-order valence-corrected chi connectivity index (χ1v) is 4.89. The Hall–Kier alpha value is -0.0800. The van der Waals surface area contributed by atoms with E-state index in [2.05, 4.69) is 38.2 Å². The molecule has 0 aromatic heterocycles. The Morgan fingerprint density at radius 1 is 1.17 bits per heavy atom. The molecule has 2 nitrogen and oxygen atoms in total. The van der Waals surface area contributed by atoms with Crippen molar-refractivity contribution in [2.45, 2.75) is 26.7 Å². The van der Waals surface area contributed by atoms with E-state index in [1.807, 2.05) is 7.05 Å². The van der Waals surface area contributed by atoms with Crippen molar-refractivity contribution < 1.29 is 0 Å². The first-order chi connectivity index (χ1) is 5.60. The second-order valence-electron chi connectivity index (χ2n) is 3.98. The van der Waals surface area contributed by atoms with E-state index >= 15 is 0 Å². The Bertz CT molecular complexity index is 106. The van der Waals surface area contributed by atoms with Crippen LogP contribution in [0.4, 0.5) is 0 Å². The molecule has 0 fully saturated rings. The van der Waals surface area contributed by atoms with Crippen LogP contribution >= 0.6 is 0 Å². The zero-order valence-electron chi connectivity index (χ0n) is 9.28. The van der Waals surface area contributed by atoms with Crippen LogP contribution in [0.15, 0.2) is 0 Å². The Morgan fingerprint density at radius 3 is 1.92 bits per heavy atom. The highest BCUT2D eigenvalue weighted by molar-refractivity contribution is 4.80. The molecule has 0 aromatic carbocycles. The normalized spacial score (nSPS) is 12.5. The van der Waals surface area contributed by atoms with Crippen LogP contribution in [0, 0.1) is 5.41 Å². The Morgan fingerprint density at radius 2 is 1.67 bits per heavy atom. The van der Waals surface area contributed by atoms with Crippen LogP contribution in [0.3, 0.4) is 0 Å². The van der Waals surface area contributed by atoms with E-state index < -0.39 is 0 Å². The average molecular weight is 172 g/mol. The molecule has 0 aliphatic rings. The highest BCUT2D eigenvalue weighted by Crippen LogP contribution is 2.25. The Labute approximate surface area is 77.3 Å². The fourth-order valence-corrected chi connectivity index (χ4v) is 1.83. The molecule has 2 heteroatoms. The van der Waals surface area contributed by atoms with E-state index in [4.69, 9.17) is 0 Å². The van der Waals surface area contributed by atoms with Gasteiger partial charge in [0.25, 0.3) is 0 Å². The molecule has 0 unspecified atom stereocenters. The van der Waals surface area contributed by atoms with E-state index in [1.54, 1.807) is 0 Å². The molecule has 0 saturated carbocycles. The lowest BCUT2D eigenvalue weighted by molar-refractivity contribution is 0.178. The SMILES string of the molecule is CCC(CC)(CNC)CN(C)C. The van der Waals surface area contributed by atoms with Crippen LogP contribution in [-0.4, -0.2) is 39.1 Å². The largest absolute Gasteiger partial charge is 0.319 e. The van der Waals surface area contributed by atoms with Gasteiger partial charge in [0.15, 0.2) is 0 Å². The van der Waals surface area contributed by atoms with Crippen LogP contribution in [-0.2, 0) is 0 Å². The molecular weight excluding hydrogens is 148 g/mol. The molecule has 0 aliphatic heterocycles. The zero-order chi connectivity index (χ0) is 9.61. The van der Waals surface area contributed by atoms with Gasteiger partial charge in [0.1, 0.15) is 0 Å². The predicted octanol–water partition coefficient (Wildman–Crippen LogP) is 1.57. The minimum Gasteiger partial charge on any atom is -0.319 e. The summed E-state index contributed by atoms with van der Waals surface area (Å²) in [6, 6.07) is 0. The standard InChI is InChI=1S/C10H24N2/c1-6-10(7-2,8-11-3)9-12(4)5/h11H,6-9H2,1-5H3. The second-order valence-corrected chi connectivity index (χ2v) is 3.98. The molecule has 0 heterocycles. The van der Waals surface area contributed by atoms with Gasteiger partial charge in [0.2, 0.25) is 0 Å². The van der Waals surface area contributed by atoms with Crippen molar-refractivity contribution in [3.05, 3.63) is 0 Å². The topological polar surface area (TPSA) is 15.3 Å². The number of rotatable bonds is 6. The first kappa shape index (κ1) is 11.9. The maximum atomic E-state index is 3.29. The first-order valence-electron chi connectivity index (χ1n) is 4.89. The molecule has 12 heavy (non-hydrogen) atoms. The van der Waals surface area contributed by atoms with Crippen LogP contribution in [0.2, 0.25) is 0 Å². The lowest BCUT2D eigenvalue weighted by atomic mass is 9.82. The van der Waals surface area contributed by atoms with Gasteiger partial charge in [-0.3, -0.25) is 0 Å². The molecule has 0 saturated heterocycles. The molecule has 0 radical (unpaired) electrons. The van der Waals surface area contributed by atoms with Gasteiger partial charge >= 0.3 is 0 Å². The van der Waals surface area contributed by atoms with Crippen molar-refractivity contribution in [2.24, 2.45) is 5.41 Å². The molecule has 74 valence electrons. The predicted molar refractivity (Wildman–Crippen MR) is 55.5 cm³/mol. The van der Waals surface area contributed by atoms with Crippen LogP contribution in [0.1, 0.15) is 26.7 Å². The third-order valence-electron chi connectivity index (χ3n) is 2.70. The highest BCUT2D eigenvalue weighted by Gasteiger charge is 2.25. The summed E-state index contributed by atoms with van der Waals surface area (Å²) >= 11 is 0. The summed E-state index contributed by atoms with van der Waals surface area (Å²) in [7, 11) is 6.33. The Balaban J connectivity index is 4.13. The summed E-state index contributed by atoms with van der Waals surface area (Å²) in [5.41, 5.74) is 0.470. The molecule has 0 spiro atoms. The third-order valence-corrected chi connectivity index (χ3v) is 2.70. The van der Waals surface area contributed by atoms with Gasteiger partial charge in [0.05, 0.1) is 0 Å². The van der Waals surface area contributed by atoms with Crippen molar-refractivity contribution >= 4 is 0 Å². The average Bonchev–Trinajstić information content (AvgIpc) is 2.03. The number of hydrogen-bond acceptors (Lipinski definition) is 2. The summed E-state index contributed by atoms with van der Waals surface area (Å²) in [6.07, 6.45) is 2.50. The fraction of sp³-hybridized carbons (Fsp3) is 1.00. The van der Waals surface area contributed by atoms with Crippen molar-refractivity contribution in [2.75, 3.05) is 34.2 Å². The maximum absolute atomic E-state index is 3.29. The summed E-state index contributed by atoms with van der Waals surface area (Å²) < 4.78 is 0. The van der Waals surface area contributed by atoms with Gasteiger partial charge in [-0.25, -0.2) is 0 Å². The van der Waals surface area contributed by atoms with E-state index in [1.165, 1.54) is 19.4 Å².